The number of esters is 2. The van der Waals surface area contributed by atoms with Gasteiger partial charge in [0.15, 0.2) is 0 Å². The van der Waals surface area contributed by atoms with Gasteiger partial charge in [0.1, 0.15) is 34.4 Å². The number of likely N-dealkylation sites (tertiary alicyclic amines) is 2. The number of aliphatic carboxylic acids is 1. The summed E-state index contributed by atoms with van der Waals surface area (Å²) in [7, 11) is 0. The van der Waals surface area contributed by atoms with E-state index < -0.39 is 76.6 Å². The zero-order valence-electron chi connectivity index (χ0n) is 32.5. The van der Waals surface area contributed by atoms with Crippen molar-refractivity contribution in [1.82, 2.24) is 15.1 Å². The third-order valence-corrected chi connectivity index (χ3v) is 8.69. The van der Waals surface area contributed by atoms with E-state index in [9.17, 15) is 39.0 Å². The molecule has 0 aromatic carbocycles. The Labute approximate surface area is 322 Å². The molecule has 18 heteroatoms. The average molecular weight is 791 g/mol. The summed E-state index contributed by atoms with van der Waals surface area (Å²) in [5.74, 6) is -2.55. The van der Waals surface area contributed by atoms with Crippen LogP contribution in [0.5, 0.6) is 0 Å². The van der Waals surface area contributed by atoms with Crippen molar-refractivity contribution in [3.63, 3.8) is 0 Å². The second kappa shape index (κ2) is 19.1. The van der Waals surface area contributed by atoms with Crippen molar-refractivity contribution in [3.05, 3.63) is 25.3 Å². The van der Waals surface area contributed by atoms with Gasteiger partial charge in [0, 0.05) is 24.7 Å². The minimum absolute atomic E-state index is 0. The number of nitrogens with two attached hydrogens (primary N) is 1. The number of nitrogens with one attached hydrogen (secondary N) is 1. The van der Waals surface area contributed by atoms with Gasteiger partial charge in [-0.1, -0.05) is 12.2 Å². The summed E-state index contributed by atoms with van der Waals surface area (Å²) in [5, 5.41) is 30.9. The van der Waals surface area contributed by atoms with Crippen molar-refractivity contribution in [1.29, 1.82) is 0 Å². The molecular weight excluding hydrogens is 732 g/mol. The van der Waals surface area contributed by atoms with Crippen LogP contribution in [0.3, 0.4) is 0 Å². The molecule has 2 heterocycles. The average Bonchev–Trinajstić information content (AvgIpc) is 3.80. The van der Waals surface area contributed by atoms with E-state index in [1.165, 1.54) is 4.90 Å². The highest BCUT2D eigenvalue weighted by atomic mass is 35.5. The first-order valence-electron chi connectivity index (χ1n) is 17.7. The summed E-state index contributed by atoms with van der Waals surface area (Å²) in [6.07, 6.45) is 1.53. The Morgan fingerprint density at radius 3 is 1.57 bits per heavy atom. The van der Waals surface area contributed by atoms with Crippen molar-refractivity contribution < 1.29 is 63.0 Å². The smallest absolute Gasteiger partial charge is 0.411 e. The van der Waals surface area contributed by atoms with Crippen LogP contribution in [0.25, 0.3) is 0 Å². The summed E-state index contributed by atoms with van der Waals surface area (Å²) >= 11 is 0. The maximum absolute atomic E-state index is 12.8. The fourth-order valence-electron chi connectivity index (χ4n) is 5.82. The molecule has 3 amide bonds. The van der Waals surface area contributed by atoms with Gasteiger partial charge in [-0.2, -0.15) is 0 Å². The molecule has 2 aliphatic carbocycles. The van der Waals surface area contributed by atoms with Crippen molar-refractivity contribution in [2.75, 3.05) is 26.3 Å². The minimum Gasteiger partial charge on any atom is -0.480 e. The van der Waals surface area contributed by atoms with Crippen LogP contribution in [0, 0.1) is 11.8 Å². The van der Waals surface area contributed by atoms with Gasteiger partial charge in [0.25, 0.3) is 0 Å². The molecule has 2 saturated heterocycles. The molecule has 4 fully saturated rings. The Kier molecular flexibility index (Phi) is 17.0. The van der Waals surface area contributed by atoms with Gasteiger partial charge in [0.2, 0.25) is 5.91 Å². The van der Waals surface area contributed by atoms with Crippen LogP contribution in [0.15, 0.2) is 25.3 Å². The Morgan fingerprint density at radius 1 is 0.778 bits per heavy atom. The Balaban J connectivity index is 0.000000443. The molecule has 4 rings (SSSR count). The molecule has 0 spiro atoms. The van der Waals surface area contributed by atoms with Crippen LogP contribution in [0.1, 0.15) is 81.1 Å². The molecule has 2 aliphatic heterocycles. The molecule has 308 valence electrons. The van der Waals surface area contributed by atoms with Gasteiger partial charge in [-0.05, 0) is 68.2 Å². The van der Waals surface area contributed by atoms with E-state index in [0.717, 1.165) is 4.90 Å². The van der Waals surface area contributed by atoms with Gasteiger partial charge < -0.3 is 45.3 Å². The topological polar surface area (TPSA) is 245 Å². The number of carboxylic acids is 1. The zero-order valence-corrected chi connectivity index (χ0v) is 33.3. The maximum atomic E-state index is 12.8. The van der Waals surface area contributed by atoms with Crippen LogP contribution < -0.4 is 11.1 Å². The molecule has 0 aromatic rings. The number of hydrogen-bond acceptors (Lipinski definition) is 13. The fraction of sp³-hybridized carbons (Fsp3) is 0.722. The number of carboxylic acid groups (broad SMARTS) is 1. The number of β-amino-alcohol motifs (C(OH)–C–C–N with tert-alkyl or cyclic N) is 2. The highest BCUT2D eigenvalue weighted by Crippen LogP contribution is 2.46. The number of halogens is 1. The number of hydrogen-bond donors (Lipinski definition) is 5. The lowest BCUT2D eigenvalue weighted by molar-refractivity contribution is -0.149. The van der Waals surface area contributed by atoms with Gasteiger partial charge >= 0.3 is 30.1 Å². The summed E-state index contributed by atoms with van der Waals surface area (Å²) in [6, 6.07) is -1.90. The number of carbonyl (C=O) groups is 6. The number of rotatable bonds is 9. The second-order valence-electron chi connectivity index (χ2n) is 15.4. The number of ether oxygens (including phenoxy) is 4. The summed E-state index contributed by atoms with van der Waals surface area (Å²) in [4.78, 5) is 73.3. The van der Waals surface area contributed by atoms with E-state index in [4.69, 9.17) is 29.8 Å². The van der Waals surface area contributed by atoms with Crippen molar-refractivity contribution in [2.24, 2.45) is 17.6 Å². The Hall–Kier alpha value is -3.93. The lowest BCUT2D eigenvalue weighted by Crippen LogP contribution is -2.53. The van der Waals surface area contributed by atoms with Crippen LogP contribution in [0.2, 0.25) is 0 Å². The molecule has 2 saturated carbocycles. The lowest BCUT2D eigenvalue weighted by atomic mass is 10.1. The molecule has 6 N–H and O–H groups in total. The number of nitrogens with zero attached hydrogens (tertiary/aromatic N) is 2. The highest BCUT2D eigenvalue weighted by molar-refractivity contribution is 5.95. The van der Waals surface area contributed by atoms with Gasteiger partial charge in [0.05, 0.1) is 38.5 Å². The zero-order chi connectivity index (χ0) is 40.7. The van der Waals surface area contributed by atoms with Crippen LogP contribution in [0.4, 0.5) is 9.59 Å². The quantitative estimate of drug-likeness (QED) is 0.128. The SMILES string of the molecule is C=CC1C[C@]1(N)C(=O)OCC.C=C[C@H]1C[C@@]1(NC(=O)[C@@H]1C[C@@H](O)CN1C(=O)OC(C)(C)C)C(=O)OCC.CC(C)(C)OC(=O)N1C[C@H](O)C[C@H]1C(=O)O.Cl. The molecule has 4 aliphatic rings. The van der Waals surface area contributed by atoms with E-state index in [1.54, 1.807) is 67.5 Å². The van der Waals surface area contributed by atoms with E-state index in [2.05, 4.69) is 18.5 Å². The number of carbonyl (C=O) groups excluding carboxylic acids is 5. The van der Waals surface area contributed by atoms with Crippen LogP contribution >= 0.6 is 12.4 Å². The van der Waals surface area contributed by atoms with Crippen LogP contribution in [-0.4, -0.2) is 134 Å². The third-order valence-electron chi connectivity index (χ3n) is 8.69. The molecule has 8 atom stereocenters. The monoisotopic (exact) mass is 790 g/mol. The third kappa shape index (κ3) is 12.8. The fourth-order valence-corrected chi connectivity index (χ4v) is 5.82. The summed E-state index contributed by atoms with van der Waals surface area (Å²) in [5.41, 5.74) is 2.40. The van der Waals surface area contributed by atoms with Gasteiger partial charge in [-0.25, -0.2) is 19.2 Å². The van der Waals surface area contributed by atoms with E-state index in [0.29, 0.717) is 19.4 Å². The summed E-state index contributed by atoms with van der Waals surface area (Å²) < 4.78 is 20.2. The normalized spacial score (nSPS) is 29.3. The number of aliphatic hydroxyl groups excluding tert-OH is 2. The van der Waals surface area contributed by atoms with E-state index >= 15 is 0 Å². The summed E-state index contributed by atoms with van der Waals surface area (Å²) in [6.45, 7) is 21.6. The minimum atomic E-state index is -1.14. The second-order valence-corrected chi connectivity index (χ2v) is 15.4. The molecule has 0 radical (unpaired) electrons. The van der Waals surface area contributed by atoms with E-state index in [1.807, 2.05) is 0 Å². The van der Waals surface area contributed by atoms with Gasteiger partial charge in [-0.3, -0.25) is 19.4 Å². The van der Waals surface area contributed by atoms with Crippen molar-refractivity contribution in [2.45, 2.75) is 128 Å². The van der Waals surface area contributed by atoms with Crippen molar-refractivity contribution in [3.8, 4) is 0 Å². The molecule has 1 unspecified atom stereocenters. The molecular formula is C36H59ClN4O13. The first-order valence-corrected chi connectivity index (χ1v) is 17.7. The predicted octanol–water partition coefficient (Wildman–Crippen LogP) is 2.30. The standard InChI is InChI=1S/C18H28N2O6.C10H17NO5.C8H13NO2.ClH/c1-6-11-9-18(11,15(23)25-7-2)19-14(22)13-8-12(21)10-20(13)16(24)26-17(3,4)5;1-10(2,3)16-9(15)11-5-6(12)4-7(11)8(13)14;1-3-6-5-8(6,9)7(10)11-4-2;/h6,11-13,21H,1,7-10H2,2-5H3,(H,19,22);6-7,12H,4-5H2,1-3H3,(H,13,14);3,6H,1,4-5,9H2,2H3;1H/t11-,12+,13-,18-;6-,7+;6?,8-;/m011./s1. The molecule has 17 nitrogen and oxygen atoms in total. The van der Waals surface area contributed by atoms with Crippen LogP contribution in [-0.2, 0) is 38.1 Å². The molecule has 0 bridgehead atoms. The number of amides is 3. The molecule has 0 aromatic heterocycles. The Bertz CT molecular complexity index is 1400. The Morgan fingerprint density at radius 2 is 1.20 bits per heavy atom. The largest absolute Gasteiger partial charge is 0.480 e. The first-order chi connectivity index (χ1) is 24.4. The van der Waals surface area contributed by atoms with E-state index in [-0.39, 0.29) is 62.8 Å². The maximum Gasteiger partial charge on any atom is 0.411 e. The molecule has 54 heavy (non-hydrogen) atoms. The van der Waals surface area contributed by atoms with Gasteiger partial charge in [-0.15, -0.1) is 25.6 Å². The number of aliphatic hydroxyl groups is 2. The first kappa shape index (κ1) is 48.1. The van der Waals surface area contributed by atoms with Crippen molar-refractivity contribution >= 4 is 48.4 Å². The highest BCUT2D eigenvalue weighted by Gasteiger charge is 2.62. The lowest BCUT2D eigenvalue weighted by Gasteiger charge is -2.29. The predicted molar refractivity (Wildman–Crippen MR) is 197 cm³/mol.